The highest BCUT2D eigenvalue weighted by molar-refractivity contribution is 5.66. The summed E-state index contributed by atoms with van der Waals surface area (Å²) in [6.07, 6.45) is -0.0681. The maximum Gasteiger partial charge on any atom is 0.303 e. The molecule has 1 fully saturated rings. The number of esters is 1. The first-order valence-electron chi connectivity index (χ1n) is 6.87. The molecule has 0 amide bonds. The fraction of sp³-hybridized carbons (Fsp3) is 0.800. The number of hydrogen-bond acceptors (Lipinski definition) is 3. The Kier molecular flexibility index (Phi) is 5.13. The molecule has 0 bridgehead atoms. The van der Waals surface area contributed by atoms with E-state index in [1.807, 2.05) is 27.7 Å². The summed E-state index contributed by atoms with van der Waals surface area (Å²) in [5, 5.41) is 0. The van der Waals surface area contributed by atoms with E-state index in [0.29, 0.717) is 12.3 Å². The van der Waals surface area contributed by atoms with E-state index in [0.717, 1.165) is 0 Å². The Morgan fingerprint density at radius 1 is 1.47 bits per heavy atom. The minimum Gasteiger partial charge on any atom is -0.456 e. The molecule has 0 aromatic heterocycles. The molecular weight excluding hydrogens is 247 g/mol. The lowest BCUT2D eigenvalue weighted by molar-refractivity contribution is -0.153. The zero-order chi connectivity index (χ0) is 14.8. The summed E-state index contributed by atoms with van der Waals surface area (Å²) >= 11 is 0. The van der Waals surface area contributed by atoms with E-state index in [-0.39, 0.29) is 5.92 Å². The predicted molar refractivity (Wildman–Crippen MR) is 72.5 cm³/mol. The average Bonchev–Trinajstić information content (AvgIpc) is 2.53. The molecule has 3 nitrogen and oxygen atoms in total. The predicted octanol–water partition coefficient (Wildman–Crippen LogP) is 3.28. The molecule has 1 rings (SSSR count). The highest BCUT2D eigenvalue weighted by Gasteiger charge is 2.58. The van der Waals surface area contributed by atoms with Crippen molar-refractivity contribution >= 4 is 5.97 Å². The van der Waals surface area contributed by atoms with Crippen molar-refractivity contribution in [3.8, 4) is 0 Å². The fourth-order valence-electron chi connectivity index (χ4n) is 2.70. The highest BCUT2D eigenvalue weighted by Crippen LogP contribution is 2.42. The molecule has 0 aromatic rings. The van der Waals surface area contributed by atoms with E-state index in [1.165, 1.54) is 13.0 Å². The first-order valence-corrected chi connectivity index (χ1v) is 6.87. The minimum atomic E-state index is -1.82. The van der Waals surface area contributed by atoms with E-state index in [1.54, 1.807) is 0 Å². The number of rotatable bonds is 5. The van der Waals surface area contributed by atoms with Gasteiger partial charge >= 0.3 is 5.97 Å². The normalized spacial score (nSPS) is 34.8. The van der Waals surface area contributed by atoms with Gasteiger partial charge in [-0.3, -0.25) is 4.79 Å². The van der Waals surface area contributed by atoms with Gasteiger partial charge in [0.05, 0.1) is 6.10 Å². The second-order valence-corrected chi connectivity index (χ2v) is 6.03. The van der Waals surface area contributed by atoms with Gasteiger partial charge < -0.3 is 9.47 Å². The largest absolute Gasteiger partial charge is 0.456 e. The Morgan fingerprint density at radius 3 is 2.42 bits per heavy atom. The summed E-state index contributed by atoms with van der Waals surface area (Å²) in [6, 6.07) is 0. The van der Waals surface area contributed by atoms with Crippen molar-refractivity contribution in [2.24, 2.45) is 11.8 Å². The molecule has 1 saturated heterocycles. The SMILES string of the molecule is C=C[C@@]1(F)[C@H](OC(C)=O)[C@@H](CC(C)C)O[C@H]1C(C)C. The molecule has 1 heterocycles. The maximum absolute atomic E-state index is 15.2. The lowest BCUT2D eigenvalue weighted by Crippen LogP contribution is -2.46. The van der Waals surface area contributed by atoms with Crippen molar-refractivity contribution in [1.29, 1.82) is 0 Å². The van der Waals surface area contributed by atoms with Crippen LogP contribution in [0.5, 0.6) is 0 Å². The van der Waals surface area contributed by atoms with Gasteiger partial charge in [-0.2, -0.15) is 0 Å². The fourth-order valence-corrected chi connectivity index (χ4v) is 2.70. The van der Waals surface area contributed by atoms with Gasteiger partial charge in [0.25, 0.3) is 0 Å². The number of carbonyl (C=O) groups excluding carboxylic acids is 1. The monoisotopic (exact) mass is 272 g/mol. The zero-order valence-electron chi connectivity index (χ0n) is 12.5. The summed E-state index contributed by atoms with van der Waals surface area (Å²) in [5.74, 6) is -0.170. The van der Waals surface area contributed by atoms with Gasteiger partial charge in [0, 0.05) is 6.92 Å². The third kappa shape index (κ3) is 3.35. The smallest absolute Gasteiger partial charge is 0.303 e. The van der Waals surface area contributed by atoms with Crippen molar-refractivity contribution in [2.75, 3.05) is 0 Å². The Bertz CT molecular complexity index is 340. The van der Waals surface area contributed by atoms with Crippen LogP contribution in [0, 0.1) is 11.8 Å². The molecule has 0 aromatic carbocycles. The molecule has 4 atom stereocenters. The lowest BCUT2D eigenvalue weighted by atomic mass is 9.85. The first kappa shape index (κ1) is 16.2. The van der Waals surface area contributed by atoms with Crippen molar-refractivity contribution in [3.05, 3.63) is 12.7 Å². The lowest BCUT2D eigenvalue weighted by Gasteiger charge is -2.29. The number of hydrogen-bond donors (Lipinski definition) is 0. The van der Waals surface area contributed by atoms with Crippen LogP contribution in [0.3, 0.4) is 0 Å². The summed E-state index contributed by atoms with van der Waals surface area (Å²) in [5.41, 5.74) is -1.82. The van der Waals surface area contributed by atoms with Gasteiger partial charge in [-0.25, -0.2) is 4.39 Å². The standard InChI is InChI=1S/C15H25FO3/c1-7-15(16)13(10(4)5)19-12(8-9(2)3)14(15)18-11(6)17/h7,9-10,12-14H,1,8H2,2-6H3/t12-,13+,14-,15+/m1/s1. The van der Waals surface area contributed by atoms with Crippen molar-refractivity contribution < 1.29 is 18.7 Å². The van der Waals surface area contributed by atoms with Crippen LogP contribution in [0.15, 0.2) is 12.7 Å². The summed E-state index contributed by atoms with van der Waals surface area (Å²) < 4.78 is 26.2. The molecule has 1 aliphatic heterocycles. The van der Waals surface area contributed by atoms with Crippen LogP contribution in [0.25, 0.3) is 0 Å². The van der Waals surface area contributed by atoms with Gasteiger partial charge in [-0.1, -0.05) is 34.3 Å². The maximum atomic E-state index is 15.2. The van der Waals surface area contributed by atoms with Crippen LogP contribution in [0.2, 0.25) is 0 Å². The molecule has 19 heavy (non-hydrogen) atoms. The second-order valence-electron chi connectivity index (χ2n) is 6.03. The summed E-state index contributed by atoms with van der Waals surface area (Å²) in [6.45, 7) is 12.7. The number of alkyl halides is 1. The van der Waals surface area contributed by atoms with Gasteiger partial charge in [0.15, 0.2) is 11.8 Å². The third-order valence-corrected chi connectivity index (χ3v) is 3.45. The Hall–Kier alpha value is -0.900. The molecule has 0 radical (unpaired) electrons. The molecule has 1 aliphatic rings. The van der Waals surface area contributed by atoms with E-state index in [9.17, 15) is 4.79 Å². The van der Waals surface area contributed by atoms with Crippen LogP contribution in [-0.2, 0) is 14.3 Å². The van der Waals surface area contributed by atoms with Gasteiger partial charge in [0.1, 0.15) is 6.10 Å². The Balaban J connectivity index is 3.06. The minimum absolute atomic E-state index is 0.0155. The zero-order valence-corrected chi connectivity index (χ0v) is 12.5. The van der Waals surface area contributed by atoms with Gasteiger partial charge in [-0.05, 0) is 24.3 Å². The van der Waals surface area contributed by atoms with E-state index in [4.69, 9.17) is 9.47 Å². The van der Waals surface area contributed by atoms with Crippen LogP contribution in [0.4, 0.5) is 4.39 Å². The van der Waals surface area contributed by atoms with Crippen molar-refractivity contribution in [2.45, 2.75) is 65.0 Å². The Labute approximate surface area is 115 Å². The first-order chi connectivity index (χ1) is 8.72. The summed E-state index contributed by atoms with van der Waals surface area (Å²) in [4.78, 5) is 11.2. The van der Waals surface area contributed by atoms with Crippen molar-refractivity contribution in [1.82, 2.24) is 0 Å². The van der Waals surface area contributed by atoms with Crippen molar-refractivity contribution in [3.63, 3.8) is 0 Å². The number of carbonyl (C=O) groups is 1. The topological polar surface area (TPSA) is 35.5 Å². The Morgan fingerprint density at radius 2 is 2.05 bits per heavy atom. The molecule has 0 saturated carbocycles. The number of halogens is 1. The molecule has 0 aliphatic carbocycles. The van der Waals surface area contributed by atoms with Crippen LogP contribution in [-0.4, -0.2) is 29.9 Å². The molecule has 0 N–H and O–H groups in total. The van der Waals surface area contributed by atoms with E-state index < -0.39 is 29.9 Å². The van der Waals surface area contributed by atoms with Crippen LogP contribution >= 0.6 is 0 Å². The van der Waals surface area contributed by atoms with Gasteiger partial charge in [-0.15, -0.1) is 0 Å². The molecule has 110 valence electrons. The van der Waals surface area contributed by atoms with E-state index >= 15 is 4.39 Å². The van der Waals surface area contributed by atoms with Crippen LogP contribution in [0.1, 0.15) is 41.0 Å². The molecule has 4 heteroatoms. The number of ether oxygens (including phenoxy) is 2. The average molecular weight is 272 g/mol. The summed E-state index contributed by atoms with van der Waals surface area (Å²) in [7, 11) is 0. The highest BCUT2D eigenvalue weighted by atomic mass is 19.1. The second kappa shape index (κ2) is 6.04. The molecule has 0 unspecified atom stereocenters. The molecular formula is C15H25FO3. The van der Waals surface area contributed by atoms with Crippen LogP contribution < -0.4 is 0 Å². The third-order valence-electron chi connectivity index (χ3n) is 3.45. The quantitative estimate of drug-likeness (QED) is 0.569. The molecule has 0 spiro atoms. The van der Waals surface area contributed by atoms with Gasteiger partial charge in [0.2, 0.25) is 0 Å². The van der Waals surface area contributed by atoms with E-state index in [2.05, 4.69) is 6.58 Å².